The van der Waals surface area contributed by atoms with Gasteiger partial charge in [0.1, 0.15) is 17.6 Å². The number of amides is 2. The largest absolute Gasteiger partial charge is 0.466 e. The molecule has 148 valence electrons. The van der Waals surface area contributed by atoms with Crippen LogP contribution in [0.2, 0.25) is 0 Å². The number of nitrogens with zero attached hydrogens (tertiary/aromatic N) is 3. The molecule has 1 aromatic carbocycles. The Morgan fingerprint density at radius 1 is 1.21 bits per heavy atom. The van der Waals surface area contributed by atoms with Crippen LogP contribution in [0.25, 0.3) is 0 Å². The van der Waals surface area contributed by atoms with E-state index in [1.165, 1.54) is 16.4 Å². The number of piperazine rings is 1. The molecular weight excluding hydrogens is 380 g/mol. The Kier molecular flexibility index (Phi) is 5.72. The predicted molar refractivity (Wildman–Crippen MR) is 102 cm³/mol. The third-order valence-corrected chi connectivity index (χ3v) is 6.68. The van der Waals surface area contributed by atoms with Gasteiger partial charge in [-0.05, 0) is 32.0 Å². The van der Waals surface area contributed by atoms with E-state index in [0.717, 1.165) is 17.1 Å². The highest BCUT2D eigenvalue weighted by molar-refractivity contribution is 7.89. The minimum atomic E-state index is -3.77. The molecule has 2 heterocycles. The van der Waals surface area contributed by atoms with Gasteiger partial charge in [-0.15, -0.1) is 0 Å². The molecule has 3 rings (SSSR count). The van der Waals surface area contributed by atoms with Crippen LogP contribution in [0.1, 0.15) is 22.6 Å². The number of urea groups is 1. The van der Waals surface area contributed by atoms with Crippen LogP contribution >= 0.6 is 0 Å². The summed E-state index contributed by atoms with van der Waals surface area (Å²) in [7, 11) is -3.77. The van der Waals surface area contributed by atoms with Gasteiger partial charge in [0.2, 0.25) is 10.0 Å². The molecule has 1 aliphatic heterocycles. The molecule has 2 aromatic rings. The summed E-state index contributed by atoms with van der Waals surface area (Å²) in [6.45, 7) is 4.97. The third kappa shape index (κ3) is 4.03. The number of benzene rings is 1. The molecule has 0 unspecified atom stereocenters. The van der Waals surface area contributed by atoms with Crippen LogP contribution in [0, 0.1) is 25.2 Å². The van der Waals surface area contributed by atoms with Crippen LogP contribution in [-0.2, 0) is 16.6 Å². The Morgan fingerprint density at radius 2 is 1.89 bits per heavy atom. The lowest BCUT2D eigenvalue weighted by Crippen LogP contribution is -2.53. The van der Waals surface area contributed by atoms with Crippen molar-refractivity contribution in [1.29, 1.82) is 5.26 Å². The number of carbonyl (C=O) groups is 1. The van der Waals surface area contributed by atoms with Gasteiger partial charge in [-0.2, -0.15) is 9.57 Å². The lowest BCUT2D eigenvalue weighted by atomic mass is 10.2. The summed E-state index contributed by atoms with van der Waals surface area (Å²) < 4.78 is 32.4. The maximum absolute atomic E-state index is 12.8. The quantitative estimate of drug-likeness (QED) is 0.842. The molecule has 28 heavy (non-hydrogen) atoms. The third-order valence-electron chi connectivity index (χ3n) is 4.73. The highest BCUT2D eigenvalue weighted by atomic mass is 32.2. The summed E-state index contributed by atoms with van der Waals surface area (Å²) in [5, 5.41) is 12.0. The first-order valence-corrected chi connectivity index (χ1v) is 10.3. The number of aryl methyl sites for hydroxylation is 2. The second-order valence-corrected chi connectivity index (χ2v) is 8.50. The van der Waals surface area contributed by atoms with Gasteiger partial charge < -0.3 is 14.6 Å². The first kappa shape index (κ1) is 19.9. The molecule has 1 N–H and O–H groups in total. The number of nitriles is 1. The lowest BCUT2D eigenvalue weighted by molar-refractivity contribution is 0.172. The Morgan fingerprint density at radius 3 is 2.50 bits per heavy atom. The minimum absolute atomic E-state index is 0.00112. The molecule has 0 aliphatic carbocycles. The van der Waals surface area contributed by atoms with Crippen molar-refractivity contribution in [3.63, 3.8) is 0 Å². The first-order chi connectivity index (χ1) is 13.3. The maximum atomic E-state index is 12.8. The van der Waals surface area contributed by atoms with Gasteiger partial charge in [0, 0.05) is 38.3 Å². The Balaban J connectivity index is 1.60. The average Bonchev–Trinajstić information content (AvgIpc) is 3.03. The number of carbonyl (C=O) groups excluding carboxylic acids is 1. The Labute approximate surface area is 164 Å². The molecule has 1 aliphatic rings. The van der Waals surface area contributed by atoms with E-state index < -0.39 is 10.0 Å². The first-order valence-electron chi connectivity index (χ1n) is 8.91. The van der Waals surface area contributed by atoms with Crippen molar-refractivity contribution in [3.05, 3.63) is 53.0 Å². The Hall–Kier alpha value is -2.83. The molecule has 9 heteroatoms. The molecule has 0 spiro atoms. The molecule has 2 amide bonds. The smallest absolute Gasteiger partial charge is 0.317 e. The summed E-state index contributed by atoms with van der Waals surface area (Å²) in [5.41, 5.74) is 1.04. The van der Waals surface area contributed by atoms with Gasteiger partial charge in [0.15, 0.2) is 0 Å². The molecule has 1 saturated heterocycles. The topological polar surface area (TPSA) is 107 Å². The summed E-state index contributed by atoms with van der Waals surface area (Å²) in [5.74, 6) is 1.56. The van der Waals surface area contributed by atoms with Crippen molar-refractivity contribution in [2.24, 2.45) is 0 Å². The van der Waals surface area contributed by atoms with Crippen LogP contribution in [0.15, 0.2) is 39.6 Å². The zero-order valence-electron chi connectivity index (χ0n) is 15.8. The zero-order chi connectivity index (χ0) is 20.3. The second-order valence-electron chi connectivity index (χ2n) is 6.60. The Bertz CT molecular complexity index is 1010. The second kappa shape index (κ2) is 8.04. The molecule has 0 radical (unpaired) electrons. The summed E-state index contributed by atoms with van der Waals surface area (Å²) in [4.78, 5) is 14.0. The highest BCUT2D eigenvalue weighted by Crippen LogP contribution is 2.21. The monoisotopic (exact) mass is 402 g/mol. The van der Waals surface area contributed by atoms with Crippen molar-refractivity contribution < 1.29 is 17.6 Å². The van der Waals surface area contributed by atoms with Gasteiger partial charge in [-0.3, -0.25) is 0 Å². The van der Waals surface area contributed by atoms with E-state index in [9.17, 15) is 13.2 Å². The minimum Gasteiger partial charge on any atom is -0.466 e. The van der Waals surface area contributed by atoms with Gasteiger partial charge in [0.25, 0.3) is 0 Å². The van der Waals surface area contributed by atoms with Crippen molar-refractivity contribution >= 4 is 16.1 Å². The molecule has 0 bridgehead atoms. The molecule has 1 aromatic heterocycles. The van der Waals surface area contributed by atoms with Crippen LogP contribution in [0.4, 0.5) is 4.79 Å². The fourth-order valence-electron chi connectivity index (χ4n) is 3.20. The van der Waals surface area contributed by atoms with Crippen molar-refractivity contribution in [1.82, 2.24) is 14.5 Å². The lowest BCUT2D eigenvalue weighted by Gasteiger charge is -2.34. The van der Waals surface area contributed by atoms with E-state index in [2.05, 4.69) is 5.32 Å². The van der Waals surface area contributed by atoms with E-state index >= 15 is 0 Å². The summed E-state index contributed by atoms with van der Waals surface area (Å²) in [6.07, 6.45) is 0. The van der Waals surface area contributed by atoms with Crippen LogP contribution in [0.5, 0.6) is 0 Å². The van der Waals surface area contributed by atoms with Gasteiger partial charge >= 0.3 is 6.03 Å². The number of furan rings is 1. The van der Waals surface area contributed by atoms with Crippen molar-refractivity contribution in [2.75, 3.05) is 26.2 Å². The molecule has 8 nitrogen and oxygen atoms in total. The van der Waals surface area contributed by atoms with Crippen LogP contribution in [0.3, 0.4) is 0 Å². The molecular formula is C19H22N4O4S. The summed E-state index contributed by atoms with van der Waals surface area (Å²) >= 11 is 0. The van der Waals surface area contributed by atoms with Gasteiger partial charge in [0.05, 0.1) is 10.5 Å². The molecule has 1 fully saturated rings. The zero-order valence-corrected chi connectivity index (χ0v) is 16.6. The summed E-state index contributed by atoms with van der Waals surface area (Å²) in [6, 6.07) is 9.69. The number of rotatable bonds is 4. The van der Waals surface area contributed by atoms with E-state index in [1.807, 2.05) is 26.0 Å². The maximum Gasteiger partial charge on any atom is 0.317 e. The van der Waals surface area contributed by atoms with Crippen molar-refractivity contribution in [2.45, 2.75) is 25.3 Å². The number of sulfonamides is 1. The van der Waals surface area contributed by atoms with E-state index in [4.69, 9.17) is 9.68 Å². The predicted octanol–water partition coefficient (Wildman–Crippen LogP) is 1.98. The van der Waals surface area contributed by atoms with Crippen LogP contribution in [-0.4, -0.2) is 49.8 Å². The highest BCUT2D eigenvalue weighted by Gasteiger charge is 2.31. The molecule has 0 atom stereocenters. The average molecular weight is 402 g/mol. The SMILES string of the molecule is Cc1cc(CNC(=O)N2CCN(S(=O)(=O)c3ccccc3C#N)CC2)c(C)o1. The fraction of sp³-hybridized carbons (Fsp3) is 0.368. The molecule has 0 saturated carbocycles. The van der Waals surface area contributed by atoms with Gasteiger partial charge in [-0.25, -0.2) is 13.2 Å². The van der Waals surface area contributed by atoms with E-state index in [-0.39, 0.29) is 42.7 Å². The number of hydrogen-bond donors (Lipinski definition) is 1. The van der Waals surface area contributed by atoms with E-state index in [1.54, 1.807) is 17.0 Å². The van der Waals surface area contributed by atoms with E-state index in [0.29, 0.717) is 6.54 Å². The number of nitrogens with one attached hydrogen (secondary N) is 1. The van der Waals surface area contributed by atoms with Crippen molar-refractivity contribution in [3.8, 4) is 6.07 Å². The standard InChI is InChI=1S/C19H22N4O4S/c1-14-11-17(15(2)27-14)13-21-19(24)22-7-9-23(10-8-22)28(25,26)18-6-4-3-5-16(18)12-20/h3-6,11H,7-10,13H2,1-2H3,(H,21,24). The number of hydrogen-bond acceptors (Lipinski definition) is 5. The normalized spacial score (nSPS) is 15.2. The van der Waals surface area contributed by atoms with Gasteiger partial charge in [-0.1, -0.05) is 12.1 Å². The van der Waals surface area contributed by atoms with Crippen LogP contribution < -0.4 is 5.32 Å². The fourth-order valence-corrected chi connectivity index (χ4v) is 4.76.